The van der Waals surface area contributed by atoms with Gasteiger partial charge in [-0.1, -0.05) is 18.0 Å². The molecule has 0 radical (unpaired) electrons. The lowest BCUT2D eigenvalue weighted by atomic mass is 9.95. The lowest BCUT2D eigenvalue weighted by Gasteiger charge is -2.16. The quantitative estimate of drug-likeness (QED) is 0.897. The van der Waals surface area contributed by atoms with Crippen molar-refractivity contribution in [2.45, 2.75) is 19.3 Å². The molecule has 0 spiro atoms. The molecule has 1 aliphatic carbocycles. The molecular weight excluding hydrogens is 273 g/mol. The summed E-state index contributed by atoms with van der Waals surface area (Å²) in [6, 6.07) is 3.65. The van der Waals surface area contributed by atoms with Crippen LogP contribution in [-0.2, 0) is 9.59 Å². The topological polar surface area (TPSA) is 66.4 Å². The predicted octanol–water partition coefficient (Wildman–Crippen LogP) is 2.92. The van der Waals surface area contributed by atoms with E-state index in [2.05, 4.69) is 5.32 Å². The molecule has 4 nitrogen and oxygen atoms in total. The van der Waals surface area contributed by atoms with Crippen LogP contribution in [0, 0.1) is 17.7 Å². The molecule has 2 unspecified atom stereocenters. The van der Waals surface area contributed by atoms with Crippen molar-refractivity contribution < 1.29 is 19.1 Å². The number of anilines is 1. The average molecular weight is 286 g/mol. The van der Waals surface area contributed by atoms with Gasteiger partial charge in [-0.2, -0.15) is 0 Å². The highest BCUT2D eigenvalue weighted by Crippen LogP contribution is 2.33. The monoisotopic (exact) mass is 285 g/mol. The molecule has 0 heterocycles. The van der Waals surface area contributed by atoms with Crippen molar-refractivity contribution >= 4 is 29.2 Å². The summed E-state index contributed by atoms with van der Waals surface area (Å²) in [5.74, 6) is -3.16. The van der Waals surface area contributed by atoms with Crippen molar-refractivity contribution in [3.8, 4) is 0 Å². The highest BCUT2D eigenvalue weighted by Gasteiger charge is 2.37. The largest absolute Gasteiger partial charge is 0.481 e. The molecule has 1 saturated carbocycles. The van der Waals surface area contributed by atoms with E-state index in [1.807, 2.05) is 0 Å². The van der Waals surface area contributed by atoms with Gasteiger partial charge in [-0.05, 0) is 31.0 Å². The number of carbonyl (C=O) groups is 2. The summed E-state index contributed by atoms with van der Waals surface area (Å²) in [5, 5.41) is 11.8. The SMILES string of the molecule is O=C(O)C1CCCC1C(=O)Nc1cc(F)ccc1Cl. The maximum atomic E-state index is 13.1. The standard InChI is InChI=1S/C13H13ClFNO3/c14-10-5-4-7(15)6-11(10)16-12(17)8-2-1-3-9(8)13(18)19/h4-6,8-9H,1-3H2,(H,16,17)(H,18,19). The number of hydrogen-bond acceptors (Lipinski definition) is 2. The molecule has 1 amide bonds. The van der Waals surface area contributed by atoms with E-state index in [1.54, 1.807) is 0 Å². The average Bonchev–Trinajstić information content (AvgIpc) is 2.83. The zero-order valence-electron chi connectivity index (χ0n) is 10.0. The van der Waals surface area contributed by atoms with Gasteiger partial charge in [0, 0.05) is 0 Å². The molecule has 1 aromatic carbocycles. The summed E-state index contributed by atoms with van der Waals surface area (Å²) < 4.78 is 13.1. The van der Waals surface area contributed by atoms with Gasteiger partial charge in [-0.15, -0.1) is 0 Å². The van der Waals surface area contributed by atoms with E-state index in [1.165, 1.54) is 12.1 Å². The van der Waals surface area contributed by atoms with Crippen molar-refractivity contribution in [1.82, 2.24) is 0 Å². The lowest BCUT2D eigenvalue weighted by Crippen LogP contribution is -2.30. The first-order valence-electron chi connectivity index (χ1n) is 5.98. The van der Waals surface area contributed by atoms with Gasteiger partial charge in [-0.3, -0.25) is 9.59 Å². The number of amides is 1. The molecule has 2 N–H and O–H groups in total. The molecule has 1 fully saturated rings. The van der Waals surface area contributed by atoms with E-state index in [-0.39, 0.29) is 10.7 Å². The molecule has 0 aliphatic heterocycles. The van der Waals surface area contributed by atoms with E-state index in [9.17, 15) is 14.0 Å². The van der Waals surface area contributed by atoms with Crippen LogP contribution >= 0.6 is 11.6 Å². The van der Waals surface area contributed by atoms with E-state index >= 15 is 0 Å². The first-order valence-corrected chi connectivity index (χ1v) is 6.35. The van der Waals surface area contributed by atoms with Crippen LogP contribution in [0.25, 0.3) is 0 Å². The van der Waals surface area contributed by atoms with Gasteiger partial charge in [0.2, 0.25) is 5.91 Å². The van der Waals surface area contributed by atoms with Crippen LogP contribution in [0.5, 0.6) is 0 Å². The number of carbonyl (C=O) groups excluding carboxylic acids is 1. The fourth-order valence-corrected chi connectivity index (χ4v) is 2.55. The fraction of sp³-hybridized carbons (Fsp3) is 0.385. The minimum atomic E-state index is -0.969. The normalized spacial score (nSPS) is 22.2. The molecule has 1 aliphatic rings. The molecule has 2 rings (SSSR count). The third-order valence-corrected chi connectivity index (χ3v) is 3.69. The predicted molar refractivity (Wildman–Crippen MR) is 68.5 cm³/mol. The number of hydrogen-bond donors (Lipinski definition) is 2. The van der Waals surface area contributed by atoms with Gasteiger partial charge in [0.15, 0.2) is 0 Å². The van der Waals surface area contributed by atoms with E-state index in [4.69, 9.17) is 16.7 Å². The summed E-state index contributed by atoms with van der Waals surface area (Å²) in [6.45, 7) is 0. The summed E-state index contributed by atoms with van der Waals surface area (Å²) in [5.41, 5.74) is 0.169. The Morgan fingerprint density at radius 3 is 2.68 bits per heavy atom. The Bertz CT molecular complexity index is 521. The van der Waals surface area contributed by atoms with Crippen LogP contribution in [-0.4, -0.2) is 17.0 Å². The number of benzene rings is 1. The summed E-state index contributed by atoms with van der Waals surface area (Å²) in [6.07, 6.45) is 1.71. The highest BCUT2D eigenvalue weighted by molar-refractivity contribution is 6.33. The van der Waals surface area contributed by atoms with Gasteiger partial charge in [-0.25, -0.2) is 4.39 Å². The zero-order chi connectivity index (χ0) is 14.0. The first kappa shape index (κ1) is 13.8. The molecule has 102 valence electrons. The van der Waals surface area contributed by atoms with Crippen LogP contribution < -0.4 is 5.32 Å². The minimum Gasteiger partial charge on any atom is -0.481 e. The third kappa shape index (κ3) is 3.04. The van der Waals surface area contributed by atoms with Crippen LogP contribution in [0.3, 0.4) is 0 Å². The van der Waals surface area contributed by atoms with Crippen molar-refractivity contribution in [3.05, 3.63) is 29.0 Å². The fourth-order valence-electron chi connectivity index (χ4n) is 2.39. The second-order valence-corrected chi connectivity index (χ2v) is 5.00. The molecule has 0 bridgehead atoms. The number of nitrogens with one attached hydrogen (secondary N) is 1. The number of rotatable bonds is 3. The summed E-state index contributed by atoms with van der Waals surface area (Å²) in [7, 11) is 0. The van der Waals surface area contributed by atoms with Gasteiger partial charge >= 0.3 is 5.97 Å². The number of carboxylic acids is 1. The number of halogens is 2. The van der Waals surface area contributed by atoms with E-state index in [0.717, 1.165) is 6.07 Å². The second kappa shape index (κ2) is 5.57. The zero-order valence-corrected chi connectivity index (χ0v) is 10.8. The van der Waals surface area contributed by atoms with Crippen molar-refractivity contribution in [2.24, 2.45) is 11.8 Å². The van der Waals surface area contributed by atoms with Crippen molar-refractivity contribution in [1.29, 1.82) is 0 Å². The maximum Gasteiger partial charge on any atom is 0.307 e. The molecule has 19 heavy (non-hydrogen) atoms. The summed E-state index contributed by atoms with van der Waals surface area (Å²) >= 11 is 5.85. The third-order valence-electron chi connectivity index (χ3n) is 3.36. The molecule has 0 aromatic heterocycles. The van der Waals surface area contributed by atoms with Gasteiger partial charge in [0.25, 0.3) is 0 Å². The smallest absolute Gasteiger partial charge is 0.307 e. The maximum absolute atomic E-state index is 13.1. The van der Waals surface area contributed by atoms with E-state index < -0.39 is 29.5 Å². The van der Waals surface area contributed by atoms with Crippen molar-refractivity contribution in [3.63, 3.8) is 0 Å². The Labute approximate surface area is 114 Å². The Morgan fingerprint density at radius 1 is 1.32 bits per heavy atom. The van der Waals surface area contributed by atoms with Crippen LogP contribution in [0.15, 0.2) is 18.2 Å². The lowest BCUT2D eigenvalue weighted by molar-refractivity contribution is -0.145. The molecule has 1 aromatic rings. The second-order valence-electron chi connectivity index (χ2n) is 4.60. The van der Waals surface area contributed by atoms with Gasteiger partial charge < -0.3 is 10.4 Å². The van der Waals surface area contributed by atoms with E-state index in [0.29, 0.717) is 19.3 Å². The summed E-state index contributed by atoms with van der Waals surface area (Å²) in [4.78, 5) is 23.1. The molecule has 2 atom stereocenters. The Hall–Kier alpha value is -1.62. The Kier molecular flexibility index (Phi) is 4.04. The van der Waals surface area contributed by atoms with Crippen LogP contribution in [0.4, 0.5) is 10.1 Å². The van der Waals surface area contributed by atoms with Crippen LogP contribution in [0.1, 0.15) is 19.3 Å². The van der Waals surface area contributed by atoms with Gasteiger partial charge in [0.05, 0.1) is 22.5 Å². The Morgan fingerprint density at radius 2 is 2.00 bits per heavy atom. The first-order chi connectivity index (χ1) is 8.99. The Balaban J connectivity index is 2.12. The highest BCUT2D eigenvalue weighted by atomic mass is 35.5. The molecular formula is C13H13ClFNO3. The van der Waals surface area contributed by atoms with Crippen molar-refractivity contribution in [2.75, 3.05) is 5.32 Å². The van der Waals surface area contributed by atoms with Gasteiger partial charge in [0.1, 0.15) is 5.82 Å². The molecule has 6 heteroatoms. The number of aliphatic carboxylic acids is 1. The van der Waals surface area contributed by atoms with Crippen LogP contribution in [0.2, 0.25) is 5.02 Å². The number of carboxylic acid groups (broad SMARTS) is 1. The molecule has 0 saturated heterocycles. The minimum absolute atomic E-state index is 0.169.